The summed E-state index contributed by atoms with van der Waals surface area (Å²) in [6, 6.07) is 0. The van der Waals surface area contributed by atoms with E-state index in [1.165, 1.54) is 0 Å². The summed E-state index contributed by atoms with van der Waals surface area (Å²) in [5.74, 6) is -3.92. The largest absolute Gasteiger partial charge is 0.466 e. The fourth-order valence-electron chi connectivity index (χ4n) is 2.64. The van der Waals surface area contributed by atoms with Crippen molar-refractivity contribution in [3.63, 3.8) is 0 Å². The molecule has 0 saturated carbocycles. The maximum atomic E-state index is 12.8. The molecule has 12 nitrogen and oxygen atoms in total. The van der Waals surface area contributed by atoms with E-state index >= 15 is 0 Å². The maximum Gasteiger partial charge on any atom is 0.331 e. The topological polar surface area (TPSA) is 158 Å². The lowest BCUT2D eigenvalue weighted by molar-refractivity contribution is -0.238. The summed E-state index contributed by atoms with van der Waals surface area (Å²) in [6.07, 6.45) is -4.65. The highest BCUT2D eigenvalue weighted by Gasteiger charge is 2.53. The number of hydrogen-bond donors (Lipinski definition) is 0. The first-order chi connectivity index (χ1) is 14.5. The molecule has 0 bridgehead atoms. The molecule has 1 saturated heterocycles. The second-order valence-electron chi connectivity index (χ2n) is 6.22. The highest BCUT2D eigenvalue weighted by atomic mass is 32.2. The first-order valence-corrected chi connectivity index (χ1v) is 10.2. The van der Waals surface area contributed by atoms with Gasteiger partial charge in [0.2, 0.25) is 0 Å². The minimum Gasteiger partial charge on any atom is -0.466 e. The Labute approximate surface area is 180 Å². The van der Waals surface area contributed by atoms with E-state index in [1.807, 2.05) is 0 Å². The Balaban J connectivity index is 3.42. The molecule has 6 atom stereocenters. The minimum absolute atomic E-state index is 0.452. The lowest BCUT2D eigenvalue weighted by atomic mass is 9.99. The fraction of sp³-hybridized carbons (Fsp3) is 0.611. The first kappa shape index (κ1) is 26.2. The second-order valence-corrected chi connectivity index (χ2v) is 7.62. The van der Waals surface area contributed by atoms with Crippen molar-refractivity contribution in [1.82, 2.24) is 0 Å². The van der Waals surface area contributed by atoms with Crippen LogP contribution in [0.1, 0.15) is 27.7 Å². The van der Waals surface area contributed by atoms with Crippen LogP contribution in [-0.2, 0) is 63.2 Å². The van der Waals surface area contributed by atoms with Gasteiger partial charge in [-0.1, -0.05) is 0 Å². The van der Waals surface area contributed by atoms with Crippen LogP contribution in [0.15, 0.2) is 11.5 Å². The summed E-state index contributed by atoms with van der Waals surface area (Å²) < 4.78 is 43.4. The van der Waals surface area contributed by atoms with Gasteiger partial charge in [0.05, 0.1) is 17.9 Å². The van der Waals surface area contributed by atoms with Gasteiger partial charge in [-0.25, -0.2) is 4.79 Å². The van der Waals surface area contributed by atoms with Crippen LogP contribution in [0.5, 0.6) is 0 Å². The van der Waals surface area contributed by atoms with Crippen LogP contribution >= 0.6 is 0 Å². The van der Waals surface area contributed by atoms with Gasteiger partial charge in [-0.05, 0) is 0 Å². The number of esters is 5. The molecular weight excluding hydrogens is 440 g/mol. The van der Waals surface area contributed by atoms with E-state index < -0.39 is 77.1 Å². The molecule has 1 aliphatic heterocycles. The van der Waals surface area contributed by atoms with Crippen LogP contribution in [0, 0.1) is 0 Å². The summed E-state index contributed by atoms with van der Waals surface area (Å²) in [5.41, 5.74) is -1.47. The molecule has 0 amide bonds. The van der Waals surface area contributed by atoms with Gasteiger partial charge in [0.1, 0.15) is 12.7 Å². The predicted octanol–water partition coefficient (Wildman–Crippen LogP) is -0.495. The maximum absolute atomic E-state index is 12.8. The predicted molar refractivity (Wildman–Crippen MR) is 101 cm³/mol. The van der Waals surface area contributed by atoms with Gasteiger partial charge < -0.3 is 28.4 Å². The summed E-state index contributed by atoms with van der Waals surface area (Å²) in [6.45, 7) is 3.88. The van der Waals surface area contributed by atoms with Crippen molar-refractivity contribution in [3.8, 4) is 0 Å². The zero-order valence-corrected chi connectivity index (χ0v) is 18.4. The van der Waals surface area contributed by atoms with Crippen molar-refractivity contribution in [2.75, 3.05) is 13.7 Å². The zero-order valence-electron chi connectivity index (χ0n) is 17.6. The highest BCUT2D eigenvalue weighted by Crippen LogP contribution is 2.31. The molecular formula is C18H24O12S. The van der Waals surface area contributed by atoms with Crippen molar-refractivity contribution in [2.45, 2.75) is 57.5 Å². The van der Waals surface area contributed by atoms with Gasteiger partial charge in [-0.2, -0.15) is 0 Å². The van der Waals surface area contributed by atoms with Gasteiger partial charge in [0.15, 0.2) is 23.7 Å². The van der Waals surface area contributed by atoms with Crippen LogP contribution in [0.2, 0.25) is 0 Å². The molecule has 0 spiro atoms. The van der Waals surface area contributed by atoms with Crippen LogP contribution in [0.25, 0.3) is 0 Å². The van der Waals surface area contributed by atoms with Gasteiger partial charge in [0, 0.05) is 39.2 Å². The smallest absolute Gasteiger partial charge is 0.331 e. The van der Waals surface area contributed by atoms with Crippen LogP contribution < -0.4 is 0 Å². The summed E-state index contributed by atoms with van der Waals surface area (Å²) >= 11 is 0. The highest BCUT2D eigenvalue weighted by molar-refractivity contribution is 7.88. The number of ether oxygens (including phenoxy) is 6. The molecule has 1 heterocycles. The van der Waals surface area contributed by atoms with Crippen molar-refractivity contribution >= 4 is 40.6 Å². The number of methoxy groups -OCH3 is 1. The van der Waals surface area contributed by atoms with E-state index in [1.54, 1.807) is 0 Å². The zero-order chi connectivity index (χ0) is 23.7. The normalized spacial score (nSPS) is 26.4. The molecule has 1 fully saturated rings. The Kier molecular flexibility index (Phi) is 10.3. The van der Waals surface area contributed by atoms with Crippen molar-refractivity contribution in [2.24, 2.45) is 0 Å². The number of rotatable bonds is 8. The van der Waals surface area contributed by atoms with Crippen LogP contribution in [0.3, 0.4) is 0 Å². The quantitative estimate of drug-likeness (QED) is 0.258. The molecule has 0 aliphatic carbocycles. The molecule has 1 rings (SSSR count). The van der Waals surface area contributed by atoms with E-state index in [0.29, 0.717) is 0 Å². The second kappa shape index (κ2) is 12.2. The summed E-state index contributed by atoms with van der Waals surface area (Å²) in [5, 5.41) is 0.937. The van der Waals surface area contributed by atoms with E-state index in [-0.39, 0.29) is 0 Å². The molecule has 0 N–H and O–H groups in total. The van der Waals surface area contributed by atoms with Crippen LogP contribution in [0.4, 0.5) is 0 Å². The Bertz CT molecular complexity index is 761. The fourth-order valence-corrected chi connectivity index (χ4v) is 3.77. The molecule has 1 aliphatic rings. The lowest BCUT2D eigenvalue weighted by Crippen LogP contribution is -2.63. The van der Waals surface area contributed by atoms with E-state index in [9.17, 15) is 28.2 Å². The third kappa shape index (κ3) is 8.45. The lowest BCUT2D eigenvalue weighted by Gasteiger charge is -2.43. The molecule has 0 radical (unpaired) electrons. The molecule has 0 aromatic rings. The van der Waals surface area contributed by atoms with Crippen molar-refractivity contribution < 1.29 is 56.6 Å². The molecule has 174 valence electrons. The average Bonchev–Trinajstić information content (AvgIpc) is 2.66. The van der Waals surface area contributed by atoms with Gasteiger partial charge in [-0.15, -0.1) is 0 Å². The van der Waals surface area contributed by atoms with Gasteiger partial charge in [-0.3, -0.25) is 23.4 Å². The monoisotopic (exact) mass is 464 g/mol. The van der Waals surface area contributed by atoms with E-state index in [2.05, 4.69) is 4.74 Å². The number of hydrogen-bond acceptors (Lipinski definition) is 12. The van der Waals surface area contributed by atoms with E-state index in [4.69, 9.17) is 23.7 Å². The molecule has 31 heavy (non-hydrogen) atoms. The van der Waals surface area contributed by atoms with Gasteiger partial charge >= 0.3 is 29.8 Å². The molecule has 1 unspecified atom stereocenters. The Hall–Kier alpha value is -2.80. The molecule has 13 heteroatoms. The first-order valence-electron chi connectivity index (χ1n) is 8.92. The van der Waals surface area contributed by atoms with Gasteiger partial charge in [0.25, 0.3) is 0 Å². The van der Waals surface area contributed by atoms with Crippen molar-refractivity contribution in [3.05, 3.63) is 11.5 Å². The number of carbonyl (C=O) groups excluding carboxylic acids is 5. The summed E-state index contributed by atoms with van der Waals surface area (Å²) in [7, 11) is -1.01. The molecule has 0 aromatic heterocycles. The summed E-state index contributed by atoms with van der Waals surface area (Å²) in [4.78, 5) is 57.6. The Morgan fingerprint density at radius 2 is 1.35 bits per heavy atom. The third-order valence-corrected chi connectivity index (χ3v) is 4.96. The van der Waals surface area contributed by atoms with E-state index in [0.717, 1.165) is 46.3 Å². The van der Waals surface area contributed by atoms with Crippen molar-refractivity contribution in [1.29, 1.82) is 0 Å². The third-order valence-electron chi connectivity index (χ3n) is 3.72. The minimum atomic E-state index is -2.13. The molecule has 0 aromatic carbocycles. The number of carbonyl (C=O) groups is 5. The van der Waals surface area contributed by atoms with Crippen LogP contribution in [-0.4, -0.2) is 77.6 Å². The Morgan fingerprint density at radius 3 is 1.84 bits per heavy atom. The average molecular weight is 464 g/mol. The SMILES string of the molecule is COC(=O)/C=C/S(=O)[C@H]1O[C@H](COC(C)=O)[C@@H](OC(C)=O)[C@H](OC(C)=O)[C@H]1OC(C)=O. The standard InChI is InChI=1S/C18H24O12S/c1-9(19)26-8-13-15(27-10(2)20)16(28-11(3)21)17(29-12(4)22)18(30-13)31(24)7-6-14(23)25-5/h6-7,13,15-18H,8H2,1-5H3/b7-6+/t13-,15-,16+,17-,18-,31?/m1/s1. The Morgan fingerprint density at radius 1 is 0.839 bits per heavy atom.